The average Bonchev–Trinajstić information content (AvgIpc) is 2.35. The molecule has 3 unspecified atom stereocenters. The zero-order valence-electron chi connectivity index (χ0n) is 8.91. The third kappa shape index (κ3) is 0.950. The molecule has 1 aromatic rings. The molecule has 1 saturated heterocycles. The second-order valence-electron chi connectivity index (χ2n) is 5.17. The number of hydrogen-bond donors (Lipinski definition) is 1. The van der Waals surface area contributed by atoms with Gasteiger partial charge in [0.2, 0.25) is 0 Å². The highest BCUT2D eigenvalue weighted by atomic mass is 35.5. The number of pyridine rings is 1. The van der Waals surface area contributed by atoms with Crippen LogP contribution in [0.4, 0.5) is 0 Å². The summed E-state index contributed by atoms with van der Waals surface area (Å²) >= 11 is 5.82. The van der Waals surface area contributed by atoms with E-state index in [0.717, 1.165) is 5.92 Å². The second-order valence-corrected chi connectivity index (χ2v) is 5.56. The van der Waals surface area contributed by atoms with Crippen molar-refractivity contribution in [3.05, 3.63) is 35.1 Å². The van der Waals surface area contributed by atoms with E-state index in [0.29, 0.717) is 16.6 Å². The van der Waals surface area contributed by atoms with Crippen LogP contribution in [0.3, 0.4) is 0 Å². The monoisotopic (exact) mass is 232 g/mol. The largest absolute Gasteiger partial charge is 0.309 e. The zero-order valence-corrected chi connectivity index (χ0v) is 9.67. The standard InChI is InChI=1S/C13H13ClN2/c14-12-2-1-8(6-15-12)9-5-11-13(7-16-11)4-3-10(9)13/h1-2,5-6,10-11,16H,3-4,7H2. The van der Waals surface area contributed by atoms with Crippen LogP contribution in [-0.2, 0) is 0 Å². The van der Waals surface area contributed by atoms with Crippen molar-refractivity contribution in [2.75, 3.05) is 6.54 Å². The fourth-order valence-corrected chi connectivity index (χ4v) is 3.67. The van der Waals surface area contributed by atoms with E-state index in [1.807, 2.05) is 12.3 Å². The molecule has 0 bridgehead atoms. The number of nitrogens with one attached hydrogen (secondary N) is 1. The molecule has 2 nitrogen and oxygen atoms in total. The van der Waals surface area contributed by atoms with E-state index in [-0.39, 0.29) is 0 Å². The van der Waals surface area contributed by atoms with Crippen LogP contribution >= 0.6 is 11.6 Å². The Labute approximate surface area is 99.7 Å². The Hall–Kier alpha value is -0.860. The summed E-state index contributed by atoms with van der Waals surface area (Å²) in [5, 5.41) is 4.09. The third-order valence-corrected chi connectivity index (χ3v) is 4.87. The fraction of sp³-hybridized carbons (Fsp3) is 0.462. The molecule has 0 radical (unpaired) electrons. The Balaban J connectivity index is 1.74. The van der Waals surface area contributed by atoms with Crippen molar-refractivity contribution < 1.29 is 0 Å². The highest BCUT2D eigenvalue weighted by Gasteiger charge is 2.61. The van der Waals surface area contributed by atoms with Gasteiger partial charge in [0.05, 0.1) is 0 Å². The molecule has 16 heavy (non-hydrogen) atoms. The van der Waals surface area contributed by atoms with Gasteiger partial charge < -0.3 is 5.32 Å². The predicted octanol–water partition coefficient (Wildman–Crippen LogP) is 2.50. The van der Waals surface area contributed by atoms with E-state index in [1.165, 1.54) is 30.5 Å². The van der Waals surface area contributed by atoms with Gasteiger partial charge in [-0.3, -0.25) is 0 Å². The lowest BCUT2D eigenvalue weighted by Gasteiger charge is -2.57. The molecule has 1 aliphatic heterocycles. The van der Waals surface area contributed by atoms with Crippen molar-refractivity contribution in [2.45, 2.75) is 18.9 Å². The van der Waals surface area contributed by atoms with Gasteiger partial charge >= 0.3 is 0 Å². The minimum Gasteiger partial charge on any atom is -0.309 e. The Bertz CT molecular complexity index is 475. The number of allylic oxidation sites excluding steroid dienone is 1. The summed E-state index contributed by atoms with van der Waals surface area (Å²) in [5.74, 6) is 0.765. The first-order chi connectivity index (χ1) is 7.79. The van der Waals surface area contributed by atoms with Crippen molar-refractivity contribution in [3.8, 4) is 0 Å². The predicted molar refractivity (Wildman–Crippen MR) is 64.2 cm³/mol. The van der Waals surface area contributed by atoms with Gasteiger partial charge in [0.25, 0.3) is 0 Å². The number of aromatic nitrogens is 1. The first-order valence-corrected chi connectivity index (χ1v) is 6.24. The van der Waals surface area contributed by atoms with E-state index in [2.05, 4.69) is 22.4 Å². The molecule has 3 heteroatoms. The van der Waals surface area contributed by atoms with Crippen LogP contribution in [0.2, 0.25) is 5.15 Å². The van der Waals surface area contributed by atoms with Crippen LogP contribution in [0.1, 0.15) is 18.4 Å². The van der Waals surface area contributed by atoms with Gasteiger partial charge in [-0.2, -0.15) is 0 Å². The normalized spacial score (nSPS) is 39.2. The molecular formula is C13H13ClN2. The van der Waals surface area contributed by atoms with Gasteiger partial charge in [-0.05, 0) is 36.0 Å². The molecule has 1 aromatic heterocycles. The first kappa shape index (κ1) is 9.20. The van der Waals surface area contributed by atoms with Crippen molar-refractivity contribution in [3.63, 3.8) is 0 Å². The van der Waals surface area contributed by atoms with E-state index < -0.39 is 0 Å². The van der Waals surface area contributed by atoms with Crippen LogP contribution < -0.4 is 5.32 Å². The van der Waals surface area contributed by atoms with Gasteiger partial charge in [-0.1, -0.05) is 23.7 Å². The Morgan fingerprint density at radius 2 is 2.38 bits per heavy atom. The quantitative estimate of drug-likeness (QED) is 0.753. The smallest absolute Gasteiger partial charge is 0.129 e. The summed E-state index contributed by atoms with van der Waals surface area (Å²) in [6.07, 6.45) is 7.04. The van der Waals surface area contributed by atoms with Crippen LogP contribution in [0.15, 0.2) is 24.4 Å². The summed E-state index contributed by atoms with van der Waals surface area (Å²) < 4.78 is 0. The topological polar surface area (TPSA) is 24.9 Å². The summed E-state index contributed by atoms with van der Waals surface area (Å²) in [6, 6.07) is 4.60. The van der Waals surface area contributed by atoms with E-state index in [1.54, 1.807) is 0 Å². The number of halogens is 1. The van der Waals surface area contributed by atoms with Gasteiger partial charge in [0.15, 0.2) is 0 Å². The van der Waals surface area contributed by atoms with E-state index in [9.17, 15) is 0 Å². The minimum absolute atomic E-state index is 0.576. The van der Waals surface area contributed by atoms with Crippen LogP contribution in [0, 0.1) is 11.3 Å². The molecule has 0 amide bonds. The molecular weight excluding hydrogens is 220 g/mol. The van der Waals surface area contributed by atoms with Gasteiger partial charge in [0, 0.05) is 24.2 Å². The van der Waals surface area contributed by atoms with Crippen molar-refractivity contribution in [2.24, 2.45) is 11.3 Å². The SMILES string of the molecule is Clc1ccc(C2=CC3NCC34CCC24)cn1. The summed E-state index contributed by atoms with van der Waals surface area (Å²) in [4.78, 5) is 4.18. The minimum atomic E-state index is 0.576. The molecule has 3 aliphatic rings. The summed E-state index contributed by atoms with van der Waals surface area (Å²) in [7, 11) is 0. The second kappa shape index (κ2) is 2.88. The molecule has 3 atom stereocenters. The molecule has 4 rings (SSSR count). The zero-order chi connectivity index (χ0) is 10.8. The fourth-order valence-electron chi connectivity index (χ4n) is 3.56. The molecule has 0 aromatic carbocycles. The Morgan fingerprint density at radius 3 is 2.88 bits per heavy atom. The number of rotatable bonds is 1. The lowest BCUT2D eigenvalue weighted by molar-refractivity contribution is -0.00906. The average molecular weight is 233 g/mol. The molecule has 1 N–H and O–H groups in total. The number of hydrogen-bond acceptors (Lipinski definition) is 2. The number of nitrogens with zero attached hydrogens (tertiary/aromatic N) is 1. The van der Waals surface area contributed by atoms with Crippen LogP contribution in [0.25, 0.3) is 5.57 Å². The maximum atomic E-state index is 5.82. The summed E-state index contributed by atoms with van der Waals surface area (Å²) in [6.45, 7) is 1.20. The van der Waals surface area contributed by atoms with Crippen molar-refractivity contribution in [1.82, 2.24) is 10.3 Å². The van der Waals surface area contributed by atoms with Crippen LogP contribution in [0.5, 0.6) is 0 Å². The molecule has 1 saturated carbocycles. The van der Waals surface area contributed by atoms with Gasteiger partial charge in [0.1, 0.15) is 5.15 Å². The molecule has 2 heterocycles. The Kier molecular flexibility index (Phi) is 1.65. The first-order valence-electron chi connectivity index (χ1n) is 5.87. The highest BCUT2D eigenvalue weighted by molar-refractivity contribution is 6.29. The van der Waals surface area contributed by atoms with E-state index >= 15 is 0 Å². The van der Waals surface area contributed by atoms with Crippen molar-refractivity contribution in [1.29, 1.82) is 0 Å². The third-order valence-electron chi connectivity index (χ3n) is 4.65. The van der Waals surface area contributed by atoms with Gasteiger partial charge in [-0.15, -0.1) is 0 Å². The maximum Gasteiger partial charge on any atom is 0.129 e. The Morgan fingerprint density at radius 1 is 1.44 bits per heavy atom. The lowest BCUT2D eigenvalue weighted by Crippen LogP contribution is -2.66. The molecule has 2 fully saturated rings. The van der Waals surface area contributed by atoms with Gasteiger partial charge in [-0.25, -0.2) is 4.98 Å². The van der Waals surface area contributed by atoms with Crippen molar-refractivity contribution >= 4 is 17.2 Å². The summed E-state index contributed by atoms with van der Waals surface area (Å²) in [5.41, 5.74) is 3.32. The molecule has 2 aliphatic carbocycles. The van der Waals surface area contributed by atoms with Crippen LogP contribution in [-0.4, -0.2) is 17.6 Å². The lowest BCUT2D eigenvalue weighted by atomic mass is 9.54. The highest BCUT2D eigenvalue weighted by Crippen LogP contribution is 2.62. The maximum absolute atomic E-state index is 5.82. The molecule has 82 valence electrons. The molecule has 1 spiro atoms. The van der Waals surface area contributed by atoms with E-state index in [4.69, 9.17) is 11.6 Å².